The van der Waals surface area contributed by atoms with Crippen LogP contribution in [-0.2, 0) is 35.0 Å². The standard InChI is InChI=1S/C28H43NO9/c1-6-9-11-13-25(30)37-23-16-15-21(18-24(23)38-26(31)14-12-10-7-2)17-22(29)27(32)35-19(4)20(5)36-28(33)34-8-3/h15-16,18-20,22H,6-14,17,29H2,1-5H3/t19-,20?,22-/m0/s1. The Morgan fingerprint density at radius 2 is 1.34 bits per heavy atom. The first kappa shape index (κ1) is 32.9. The van der Waals surface area contributed by atoms with Crippen LogP contribution in [0.5, 0.6) is 11.5 Å². The largest absolute Gasteiger partial charge is 0.508 e. The van der Waals surface area contributed by atoms with E-state index in [1.807, 2.05) is 13.8 Å². The molecule has 1 aromatic rings. The molecule has 1 rings (SSSR count). The molecule has 10 heteroatoms. The van der Waals surface area contributed by atoms with Gasteiger partial charge < -0.3 is 29.4 Å². The molecule has 0 bridgehead atoms. The summed E-state index contributed by atoms with van der Waals surface area (Å²) in [5, 5.41) is 0. The van der Waals surface area contributed by atoms with Crippen molar-refractivity contribution in [1.82, 2.24) is 0 Å². The van der Waals surface area contributed by atoms with Crippen LogP contribution in [-0.4, -0.2) is 48.9 Å². The summed E-state index contributed by atoms with van der Waals surface area (Å²) in [6.07, 6.45) is 3.35. The van der Waals surface area contributed by atoms with Gasteiger partial charge in [-0.05, 0) is 57.7 Å². The van der Waals surface area contributed by atoms with Crippen LogP contribution in [0.15, 0.2) is 18.2 Å². The topological polar surface area (TPSA) is 140 Å². The maximum absolute atomic E-state index is 12.5. The van der Waals surface area contributed by atoms with E-state index in [1.165, 1.54) is 12.1 Å². The molecule has 0 aromatic heterocycles. The summed E-state index contributed by atoms with van der Waals surface area (Å²) >= 11 is 0. The van der Waals surface area contributed by atoms with E-state index in [2.05, 4.69) is 0 Å². The lowest BCUT2D eigenvalue weighted by Gasteiger charge is -2.22. The van der Waals surface area contributed by atoms with E-state index >= 15 is 0 Å². The Morgan fingerprint density at radius 1 is 0.789 bits per heavy atom. The number of hydrogen-bond acceptors (Lipinski definition) is 10. The van der Waals surface area contributed by atoms with Crippen molar-refractivity contribution in [2.24, 2.45) is 5.73 Å². The smallest absolute Gasteiger partial charge is 0.458 e. The van der Waals surface area contributed by atoms with E-state index in [0.717, 1.165) is 25.7 Å². The van der Waals surface area contributed by atoms with Gasteiger partial charge in [0.05, 0.1) is 6.61 Å². The van der Waals surface area contributed by atoms with E-state index in [1.54, 1.807) is 26.8 Å². The van der Waals surface area contributed by atoms with Gasteiger partial charge in [-0.2, -0.15) is 0 Å². The van der Waals surface area contributed by atoms with Crippen LogP contribution in [0.4, 0.5) is 4.79 Å². The summed E-state index contributed by atoms with van der Waals surface area (Å²) in [4.78, 5) is 48.7. The van der Waals surface area contributed by atoms with E-state index in [9.17, 15) is 19.2 Å². The van der Waals surface area contributed by atoms with Crippen molar-refractivity contribution in [2.45, 2.75) is 111 Å². The molecule has 38 heavy (non-hydrogen) atoms. The molecule has 3 atom stereocenters. The molecule has 0 spiro atoms. The van der Waals surface area contributed by atoms with Gasteiger partial charge in [0.1, 0.15) is 18.2 Å². The minimum absolute atomic E-state index is 0.0732. The Morgan fingerprint density at radius 3 is 1.89 bits per heavy atom. The fourth-order valence-electron chi connectivity index (χ4n) is 3.33. The summed E-state index contributed by atoms with van der Waals surface area (Å²) in [5.74, 6) is -1.32. The molecule has 0 aliphatic rings. The molecule has 0 heterocycles. The lowest BCUT2D eigenvalue weighted by molar-refractivity contribution is -0.155. The molecular formula is C28H43NO9. The third kappa shape index (κ3) is 12.9. The summed E-state index contributed by atoms with van der Waals surface area (Å²) in [5.41, 5.74) is 6.65. The van der Waals surface area contributed by atoms with Crippen LogP contribution in [0, 0.1) is 0 Å². The lowest BCUT2D eigenvalue weighted by Crippen LogP contribution is -2.39. The van der Waals surface area contributed by atoms with Crippen molar-refractivity contribution in [3.63, 3.8) is 0 Å². The number of nitrogens with two attached hydrogens (primary N) is 1. The molecular weight excluding hydrogens is 494 g/mol. The first-order valence-electron chi connectivity index (χ1n) is 13.4. The summed E-state index contributed by atoms with van der Waals surface area (Å²) < 4.78 is 26.1. The third-order valence-electron chi connectivity index (χ3n) is 5.69. The first-order valence-corrected chi connectivity index (χ1v) is 13.4. The Labute approximate surface area is 225 Å². The maximum atomic E-state index is 12.5. The highest BCUT2D eigenvalue weighted by Gasteiger charge is 2.25. The van der Waals surface area contributed by atoms with Gasteiger partial charge in [0, 0.05) is 12.8 Å². The first-order chi connectivity index (χ1) is 18.1. The summed E-state index contributed by atoms with van der Waals surface area (Å²) in [6, 6.07) is 3.67. The second-order valence-electron chi connectivity index (χ2n) is 9.10. The van der Waals surface area contributed by atoms with Crippen LogP contribution in [0.3, 0.4) is 0 Å². The number of carbonyl (C=O) groups is 4. The van der Waals surface area contributed by atoms with Crippen molar-refractivity contribution in [3.05, 3.63) is 23.8 Å². The average molecular weight is 538 g/mol. The fraction of sp³-hybridized carbons (Fsp3) is 0.643. The predicted octanol–water partition coefficient (Wildman–Crippen LogP) is 5.02. The maximum Gasteiger partial charge on any atom is 0.508 e. The third-order valence-corrected chi connectivity index (χ3v) is 5.69. The van der Waals surface area contributed by atoms with Crippen LogP contribution in [0.25, 0.3) is 0 Å². The zero-order valence-corrected chi connectivity index (χ0v) is 23.3. The monoisotopic (exact) mass is 537 g/mol. The van der Waals surface area contributed by atoms with Crippen LogP contribution in [0.1, 0.15) is 91.5 Å². The number of benzene rings is 1. The van der Waals surface area contributed by atoms with E-state index in [0.29, 0.717) is 18.4 Å². The molecule has 0 saturated heterocycles. The average Bonchev–Trinajstić information content (AvgIpc) is 2.85. The summed E-state index contributed by atoms with van der Waals surface area (Å²) in [7, 11) is 0. The van der Waals surface area contributed by atoms with Gasteiger partial charge in [0.2, 0.25) is 0 Å². The minimum atomic E-state index is -1.04. The highest BCUT2D eigenvalue weighted by atomic mass is 16.7. The molecule has 1 aromatic carbocycles. The second kappa shape index (κ2) is 18.2. The molecule has 0 aliphatic heterocycles. The van der Waals surface area contributed by atoms with Crippen LogP contribution in [0.2, 0.25) is 0 Å². The van der Waals surface area contributed by atoms with Gasteiger partial charge in [0.15, 0.2) is 11.5 Å². The normalized spacial score (nSPS) is 13.1. The number of esters is 3. The fourth-order valence-corrected chi connectivity index (χ4v) is 3.33. The second-order valence-corrected chi connectivity index (χ2v) is 9.10. The van der Waals surface area contributed by atoms with Crippen molar-refractivity contribution in [2.75, 3.05) is 6.61 Å². The molecule has 10 nitrogen and oxygen atoms in total. The minimum Gasteiger partial charge on any atom is -0.458 e. The highest BCUT2D eigenvalue weighted by Crippen LogP contribution is 2.30. The van der Waals surface area contributed by atoms with Gasteiger partial charge in [-0.25, -0.2) is 4.79 Å². The number of carbonyl (C=O) groups excluding carboxylic acids is 4. The van der Waals surface area contributed by atoms with E-state index in [-0.39, 0.29) is 37.4 Å². The number of ether oxygens (including phenoxy) is 5. The van der Waals surface area contributed by atoms with Gasteiger partial charge in [-0.15, -0.1) is 0 Å². The number of unbranched alkanes of at least 4 members (excludes halogenated alkanes) is 4. The van der Waals surface area contributed by atoms with E-state index in [4.69, 9.17) is 29.4 Å². The molecule has 0 fully saturated rings. The van der Waals surface area contributed by atoms with Crippen molar-refractivity contribution < 1.29 is 42.9 Å². The lowest BCUT2D eigenvalue weighted by atomic mass is 10.1. The quantitative estimate of drug-likeness (QED) is 0.164. The zero-order chi connectivity index (χ0) is 28.5. The van der Waals surface area contributed by atoms with E-state index < -0.39 is 42.3 Å². The van der Waals surface area contributed by atoms with Gasteiger partial charge >= 0.3 is 24.1 Å². The van der Waals surface area contributed by atoms with Gasteiger partial charge in [0.25, 0.3) is 0 Å². The molecule has 0 radical (unpaired) electrons. The Bertz CT molecular complexity index is 902. The highest BCUT2D eigenvalue weighted by molar-refractivity contribution is 5.77. The molecule has 214 valence electrons. The molecule has 2 N–H and O–H groups in total. The molecule has 0 aliphatic carbocycles. The predicted molar refractivity (Wildman–Crippen MR) is 141 cm³/mol. The Hall–Kier alpha value is -3.14. The SMILES string of the molecule is CCCCCC(=O)Oc1ccc(C[C@H](N)C(=O)O[C@@H](C)C(C)OC(=O)OCC)cc1OC(=O)CCCCC. The Balaban J connectivity index is 2.89. The van der Waals surface area contributed by atoms with Crippen LogP contribution < -0.4 is 15.2 Å². The summed E-state index contributed by atoms with van der Waals surface area (Å²) in [6.45, 7) is 9.04. The number of rotatable bonds is 17. The van der Waals surface area contributed by atoms with Crippen LogP contribution >= 0.6 is 0 Å². The number of hydrogen-bond donors (Lipinski definition) is 1. The zero-order valence-electron chi connectivity index (χ0n) is 23.3. The van der Waals surface area contributed by atoms with Crippen molar-refractivity contribution >= 4 is 24.1 Å². The Kier molecular flexibility index (Phi) is 15.7. The van der Waals surface area contributed by atoms with Crippen molar-refractivity contribution in [3.8, 4) is 11.5 Å². The van der Waals surface area contributed by atoms with Crippen molar-refractivity contribution in [1.29, 1.82) is 0 Å². The molecule has 0 saturated carbocycles. The molecule has 1 unspecified atom stereocenters. The van der Waals surface area contributed by atoms with Gasteiger partial charge in [-0.3, -0.25) is 14.4 Å². The molecule has 0 amide bonds. The van der Waals surface area contributed by atoms with Gasteiger partial charge in [-0.1, -0.05) is 45.6 Å².